The predicted octanol–water partition coefficient (Wildman–Crippen LogP) is 0.352. The molecular formula is C16H21FN2O4. The van der Waals surface area contributed by atoms with Crippen LogP contribution in [-0.4, -0.2) is 79.5 Å². The molecular weight excluding hydrogens is 303 g/mol. The second kappa shape index (κ2) is 6.82. The highest BCUT2D eigenvalue weighted by molar-refractivity contribution is 5.97. The van der Waals surface area contributed by atoms with Gasteiger partial charge in [-0.15, -0.1) is 0 Å². The van der Waals surface area contributed by atoms with Gasteiger partial charge in [-0.1, -0.05) is 6.07 Å². The Labute approximate surface area is 134 Å². The number of hydrogen-bond acceptors (Lipinski definition) is 5. The predicted molar refractivity (Wildman–Crippen MR) is 81.0 cm³/mol. The average Bonchev–Trinajstić information content (AvgIpc) is 2.96. The summed E-state index contributed by atoms with van der Waals surface area (Å²) in [6.45, 7) is 3.41. The first-order valence-electron chi connectivity index (χ1n) is 7.73. The number of β-amino-alcohol motifs (C(OH)–C–C–N with tert-alkyl or cyclic N) is 1. The van der Waals surface area contributed by atoms with Crippen molar-refractivity contribution >= 4 is 5.91 Å². The summed E-state index contributed by atoms with van der Waals surface area (Å²) >= 11 is 0. The van der Waals surface area contributed by atoms with Crippen LogP contribution in [0.1, 0.15) is 10.4 Å². The third-order valence-electron chi connectivity index (χ3n) is 4.46. The Morgan fingerprint density at radius 1 is 1.35 bits per heavy atom. The summed E-state index contributed by atoms with van der Waals surface area (Å²) in [4.78, 5) is 16.4. The molecule has 0 saturated carbocycles. The van der Waals surface area contributed by atoms with E-state index in [1.807, 2.05) is 0 Å². The number of aliphatic hydroxyl groups excluding tert-OH is 1. The standard InChI is InChI=1S/C16H21FN2O4/c1-22-15-11(3-2-4-12(15)17)16(21)19-9-13(14(20)10-19)18-5-7-23-8-6-18/h2-4,13-14,20H,5-10H2,1H3/t13-,14-/m0/s1. The Bertz CT molecular complexity index is 577. The molecule has 2 aliphatic heterocycles. The molecule has 2 saturated heterocycles. The van der Waals surface area contributed by atoms with Gasteiger partial charge >= 0.3 is 0 Å². The van der Waals surface area contributed by atoms with Crippen LogP contribution in [0.4, 0.5) is 4.39 Å². The number of amides is 1. The third kappa shape index (κ3) is 3.17. The van der Waals surface area contributed by atoms with Crippen LogP contribution in [0.3, 0.4) is 0 Å². The lowest BCUT2D eigenvalue weighted by Crippen LogP contribution is -2.49. The van der Waals surface area contributed by atoms with Gasteiger partial charge in [0.15, 0.2) is 11.6 Å². The minimum Gasteiger partial charge on any atom is -0.493 e. The molecule has 0 aliphatic carbocycles. The smallest absolute Gasteiger partial charge is 0.257 e. The summed E-state index contributed by atoms with van der Waals surface area (Å²) in [5, 5.41) is 10.3. The SMILES string of the molecule is COc1c(F)cccc1C(=O)N1C[C@H](O)[C@@H](N2CCOCC2)C1. The molecule has 23 heavy (non-hydrogen) atoms. The molecule has 2 aliphatic rings. The molecule has 2 atom stereocenters. The topological polar surface area (TPSA) is 62.2 Å². The zero-order valence-electron chi connectivity index (χ0n) is 13.1. The van der Waals surface area contributed by atoms with Gasteiger partial charge in [0.05, 0.1) is 38.0 Å². The number of nitrogens with zero attached hydrogens (tertiary/aromatic N) is 2. The molecule has 7 heteroatoms. The Morgan fingerprint density at radius 2 is 2.09 bits per heavy atom. The van der Waals surface area contributed by atoms with Crippen LogP contribution in [0.15, 0.2) is 18.2 Å². The van der Waals surface area contributed by atoms with Crippen LogP contribution in [0.25, 0.3) is 0 Å². The van der Waals surface area contributed by atoms with Crippen molar-refractivity contribution in [1.82, 2.24) is 9.80 Å². The normalized spacial score (nSPS) is 25.6. The summed E-state index contributed by atoms with van der Waals surface area (Å²) in [6, 6.07) is 4.17. The first-order valence-corrected chi connectivity index (χ1v) is 7.73. The zero-order chi connectivity index (χ0) is 16.4. The minimum atomic E-state index is -0.614. The van der Waals surface area contributed by atoms with Crippen molar-refractivity contribution < 1.29 is 23.8 Å². The molecule has 3 rings (SSSR count). The van der Waals surface area contributed by atoms with Gasteiger partial charge in [-0.2, -0.15) is 0 Å². The highest BCUT2D eigenvalue weighted by Crippen LogP contribution is 2.26. The van der Waals surface area contributed by atoms with Crippen LogP contribution in [0, 0.1) is 5.82 Å². The van der Waals surface area contributed by atoms with Crippen LogP contribution in [-0.2, 0) is 4.74 Å². The quantitative estimate of drug-likeness (QED) is 0.869. The molecule has 1 N–H and O–H groups in total. The number of benzene rings is 1. The lowest BCUT2D eigenvalue weighted by atomic mass is 10.1. The fourth-order valence-electron chi connectivity index (χ4n) is 3.26. The Balaban J connectivity index is 1.75. The molecule has 126 valence electrons. The monoisotopic (exact) mass is 324 g/mol. The van der Waals surface area contributed by atoms with Gasteiger partial charge in [0.1, 0.15) is 0 Å². The summed E-state index contributed by atoms with van der Waals surface area (Å²) in [6.07, 6.45) is -0.614. The summed E-state index contributed by atoms with van der Waals surface area (Å²) in [7, 11) is 1.34. The molecule has 1 aromatic carbocycles. The summed E-state index contributed by atoms with van der Waals surface area (Å²) in [5.41, 5.74) is 0.183. The van der Waals surface area contributed by atoms with Gasteiger partial charge in [0.25, 0.3) is 5.91 Å². The van der Waals surface area contributed by atoms with Gasteiger partial charge in [-0.25, -0.2) is 4.39 Å². The summed E-state index contributed by atoms with van der Waals surface area (Å²) < 4.78 is 24.1. The van der Waals surface area contributed by atoms with Crippen molar-refractivity contribution in [2.75, 3.05) is 46.5 Å². The van der Waals surface area contributed by atoms with Crippen LogP contribution < -0.4 is 4.74 Å². The lowest BCUT2D eigenvalue weighted by molar-refractivity contribution is -0.00611. The number of morpholine rings is 1. The first kappa shape index (κ1) is 16.2. The van der Waals surface area contributed by atoms with E-state index in [1.165, 1.54) is 19.2 Å². The van der Waals surface area contributed by atoms with Crippen molar-refractivity contribution in [2.45, 2.75) is 12.1 Å². The van der Waals surface area contributed by atoms with Crippen molar-refractivity contribution in [2.24, 2.45) is 0 Å². The summed E-state index contributed by atoms with van der Waals surface area (Å²) in [5.74, 6) is -0.944. The lowest BCUT2D eigenvalue weighted by Gasteiger charge is -2.33. The molecule has 0 bridgehead atoms. The Kier molecular flexibility index (Phi) is 4.79. The molecule has 1 amide bonds. The van der Waals surface area contributed by atoms with Gasteiger partial charge in [0.2, 0.25) is 0 Å². The maximum Gasteiger partial charge on any atom is 0.257 e. The number of carbonyl (C=O) groups excluding carboxylic acids is 1. The van der Waals surface area contributed by atoms with E-state index in [2.05, 4.69) is 4.90 Å². The molecule has 6 nitrogen and oxygen atoms in total. The number of ether oxygens (including phenoxy) is 2. The molecule has 0 aromatic heterocycles. The average molecular weight is 324 g/mol. The molecule has 0 radical (unpaired) electrons. The molecule has 0 spiro atoms. The fourth-order valence-corrected chi connectivity index (χ4v) is 3.26. The number of likely N-dealkylation sites (tertiary alicyclic amines) is 1. The maximum absolute atomic E-state index is 13.8. The second-order valence-corrected chi connectivity index (χ2v) is 5.81. The largest absolute Gasteiger partial charge is 0.493 e. The van der Waals surface area contributed by atoms with E-state index in [0.717, 1.165) is 13.1 Å². The highest BCUT2D eigenvalue weighted by atomic mass is 19.1. The Morgan fingerprint density at radius 3 is 2.78 bits per heavy atom. The zero-order valence-corrected chi connectivity index (χ0v) is 13.1. The van der Waals surface area contributed by atoms with E-state index in [0.29, 0.717) is 19.8 Å². The van der Waals surface area contributed by atoms with Crippen LogP contribution >= 0.6 is 0 Å². The Hall–Kier alpha value is -1.70. The van der Waals surface area contributed by atoms with E-state index in [1.54, 1.807) is 11.0 Å². The van der Waals surface area contributed by atoms with E-state index < -0.39 is 11.9 Å². The van der Waals surface area contributed by atoms with E-state index in [9.17, 15) is 14.3 Å². The molecule has 1 aromatic rings. The maximum atomic E-state index is 13.8. The second-order valence-electron chi connectivity index (χ2n) is 5.81. The van der Waals surface area contributed by atoms with Gasteiger partial charge in [0, 0.05) is 26.2 Å². The van der Waals surface area contributed by atoms with Gasteiger partial charge < -0.3 is 19.5 Å². The number of halogens is 1. The number of para-hydroxylation sites is 1. The highest BCUT2D eigenvalue weighted by Gasteiger charge is 2.39. The minimum absolute atomic E-state index is 0.0539. The van der Waals surface area contributed by atoms with Crippen LogP contribution in [0.5, 0.6) is 5.75 Å². The first-order chi connectivity index (χ1) is 11.1. The fraction of sp³-hybridized carbons (Fsp3) is 0.562. The van der Waals surface area contributed by atoms with E-state index >= 15 is 0 Å². The third-order valence-corrected chi connectivity index (χ3v) is 4.46. The van der Waals surface area contributed by atoms with E-state index in [4.69, 9.17) is 9.47 Å². The van der Waals surface area contributed by atoms with Crippen molar-refractivity contribution in [3.05, 3.63) is 29.6 Å². The van der Waals surface area contributed by atoms with Crippen molar-refractivity contribution in [1.29, 1.82) is 0 Å². The van der Waals surface area contributed by atoms with Crippen molar-refractivity contribution in [3.8, 4) is 5.75 Å². The number of aliphatic hydroxyl groups is 1. The molecule has 0 unspecified atom stereocenters. The number of methoxy groups -OCH3 is 1. The van der Waals surface area contributed by atoms with Gasteiger partial charge in [-0.3, -0.25) is 9.69 Å². The van der Waals surface area contributed by atoms with E-state index in [-0.39, 0.29) is 29.8 Å². The number of hydrogen-bond donors (Lipinski definition) is 1. The van der Waals surface area contributed by atoms with Crippen LogP contribution in [0.2, 0.25) is 0 Å². The molecule has 2 fully saturated rings. The number of carbonyl (C=O) groups is 1. The molecule has 2 heterocycles. The van der Waals surface area contributed by atoms with Gasteiger partial charge in [-0.05, 0) is 12.1 Å². The van der Waals surface area contributed by atoms with Crippen molar-refractivity contribution in [3.63, 3.8) is 0 Å². The number of rotatable bonds is 3.